The van der Waals surface area contributed by atoms with Crippen molar-refractivity contribution in [2.45, 2.75) is 37.7 Å². The van der Waals surface area contributed by atoms with Crippen LogP contribution in [-0.4, -0.2) is 17.1 Å². The van der Waals surface area contributed by atoms with Gasteiger partial charge in [-0.15, -0.1) is 0 Å². The highest BCUT2D eigenvalue weighted by atomic mass is 16.5. The normalized spacial score (nSPS) is 14.9. The highest BCUT2D eigenvalue weighted by molar-refractivity contribution is 5.87. The van der Waals surface area contributed by atoms with Crippen LogP contribution < -0.4 is 10.1 Å². The van der Waals surface area contributed by atoms with Gasteiger partial charge in [0.25, 0.3) is 0 Å². The van der Waals surface area contributed by atoms with Gasteiger partial charge in [0.15, 0.2) is 0 Å². The van der Waals surface area contributed by atoms with Crippen molar-refractivity contribution in [2.24, 2.45) is 0 Å². The first kappa shape index (κ1) is 20.9. The molecule has 4 heteroatoms. The minimum atomic E-state index is -0.565. The molecule has 3 aromatic rings. The van der Waals surface area contributed by atoms with Gasteiger partial charge < -0.3 is 15.2 Å². The predicted molar refractivity (Wildman–Crippen MR) is 122 cm³/mol. The van der Waals surface area contributed by atoms with Crippen LogP contribution in [0.2, 0.25) is 0 Å². The van der Waals surface area contributed by atoms with Crippen molar-refractivity contribution in [1.82, 2.24) is 5.32 Å². The summed E-state index contributed by atoms with van der Waals surface area (Å²) in [6.07, 6.45) is 4.17. The van der Waals surface area contributed by atoms with Crippen LogP contribution in [-0.2, 0) is 4.79 Å². The molecule has 1 heterocycles. The number of nitrogens with one attached hydrogen (secondary N) is 1. The third kappa shape index (κ3) is 4.54. The number of benzene rings is 3. The molecule has 3 aromatic carbocycles. The van der Waals surface area contributed by atoms with E-state index in [0.717, 1.165) is 34.6 Å². The van der Waals surface area contributed by atoms with Crippen molar-refractivity contribution < 1.29 is 14.6 Å². The second-order valence-corrected chi connectivity index (χ2v) is 7.77. The van der Waals surface area contributed by atoms with Gasteiger partial charge in [0.2, 0.25) is 5.91 Å². The Hall–Kier alpha value is -3.37. The molecule has 1 amide bonds. The lowest BCUT2D eigenvalue weighted by Crippen LogP contribution is -2.31. The number of ether oxygens (including phenoxy) is 1. The first-order valence-electron chi connectivity index (χ1n) is 10.7. The Balaban J connectivity index is 1.76. The van der Waals surface area contributed by atoms with Crippen LogP contribution in [0, 0.1) is 0 Å². The average molecular weight is 414 g/mol. The number of amides is 1. The molecule has 0 fully saturated rings. The maximum Gasteiger partial charge on any atom is 0.232 e. The lowest BCUT2D eigenvalue weighted by atomic mass is 9.75. The monoisotopic (exact) mass is 413 g/mol. The van der Waals surface area contributed by atoms with Crippen molar-refractivity contribution in [2.75, 3.05) is 0 Å². The fourth-order valence-corrected chi connectivity index (χ4v) is 4.18. The molecule has 2 unspecified atom stereocenters. The summed E-state index contributed by atoms with van der Waals surface area (Å²) in [4.78, 5) is 13.5. The molecule has 0 radical (unpaired) electrons. The Morgan fingerprint density at radius 3 is 2.16 bits per heavy atom. The molecule has 0 aliphatic carbocycles. The second-order valence-electron chi connectivity index (χ2n) is 7.77. The summed E-state index contributed by atoms with van der Waals surface area (Å²) in [6.45, 7) is 2.01. The lowest BCUT2D eigenvalue weighted by Gasteiger charge is -2.33. The van der Waals surface area contributed by atoms with Gasteiger partial charge in [0.1, 0.15) is 11.5 Å². The zero-order valence-electron chi connectivity index (χ0n) is 17.6. The summed E-state index contributed by atoms with van der Waals surface area (Å²) >= 11 is 0. The van der Waals surface area contributed by atoms with Crippen LogP contribution >= 0.6 is 0 Å². The summed E-state index contributed by atoms with van der Waals surface area (Å²) in [5.74, 6) is 0.767. The van der Waals surface area contributed by atoms with E-state index < -0.39 is 12.0 Å². The van der Waals surface area contributed by atoms with Gasteiger partial charge >= 0.3 is 0 Å². The first-order valence-corrected chi connectivity index (χ1v) is 10.7. The van der Waals surface area contributed by atoms with Crippen molar-refractivity contribution in [3.63, 3.8) is 0 Å². The fraction of sp³-hybridized carbons (Fsp3) is 0.222. The van der Waals surface area contributed by atoms with E-state index in [0.29, 0.717) is 6.42 Å². The average Bonchev–Trinajstić information content (AvgIpc) is 2.80. The van der Waals surface area contributed by atoms with Crippen molar-refractivity contribution in [3.05, 3.63) is 108 Å². The number of rotatable bonds is 7. The molecular weight excluding hydrogens is 386 g/mol. The Labute approximate surface area is 183 Å². The van der Waals surface area contributed by atoms with E-state index in [4.69, 9.17) is 4.74 Å². The summed E-state index contributed by atoms with van der Waals surface area (Å²) in [6, 6.07) is 25.6. The first-order chi connectivity index (χ1) is 15.2. The van der Waals surface area contributed by atoms with Crippen molar-refractivity contribution in [1.29, 1.82) is 0 Å². The largest absolute Gasteiger partial charge is 0.457 e. The molecule has 2 atom stereocenters. The number of hydrogen-bond donors (Lipinski definition) is 2. The third-order valence-corrected chi connectivity index (χ3v) is 5.63. The van der Waals surface area contributed by atoms with E-state index in [1.807, 2.05) is 85.8 Å². The van der Waals surface area contributed by atoms with E-state index in [-0.39, 0.29) is 11.8 Å². The van der Waals surface area contributed by atoms with Gasteiger partial charge in [0.05, 0.1) is 12.0 Å². The Morgan fingerprint density at radius 2 is 1.55 bits per heavy atom. The number of para-hydroxylation sites is 2. The lowest BCUT2D eigenvalue weighted by molar-refractivity contribution is -0.122. The standard InChI is InChI=1S/C27H27NO3/c1-2-10-20(29)17-18-28-27(30)25(19-11-4-3-5-12-19)26-21-13-6-8-15-23(21)31-24-16-9-7-14-22(24)26/h3-9,11-18,20,25-26,29H,2,10H2,1H3,(H,28,30). The minimum Gasteiger partial charge on any atom is -0.457 e. The van der Waals surface area contributed by atoms with Gasteiger partial charge in [-0.3, -0.25) is 4.79 Å². The van der Waals surface area contributed by atoms with Crippen LogP contribution in [0.25, 0.3) is 0 Å². The van der Waals surface area contributed by atoms with Crippen LogP contribution in [0.4, 0.5) is 0 Å². The van der Waals surface area contributed by atoms with Gasteiger partial charge in [-0.2, -0.15) is 0 Å². The van der Waals surface area contributed by atoms with Gasteiger partial charge in [-0.05, 0) is 30.2 Å². The summed E-state index contributed by atoms with van der Waals surface area (Å²) in [5.41, 5.74) is 2.90. The molecule has 2 N–H and O–H groups in total. The fourth-order valence-electron chi connectivity index (χ4n) is 4.18. The Morgan fingerprint density at radius 1 is 0.968 bits per heavy atom. The molecule has 0 saturated heterocycles. The molecule has 0 bridgehead atoms. The van der Waals surface area contributed by atoms with E-state index in [9.17, 15) is 9.90 Å². The zero-order valence-corrected chi connectivity index (χ0v) is 17.6. The van der Waals surface area contributed by atoms with Crippen LogP contribution in [0.5, 0.6) is 11.5 Å². The SMILES string of the molecule is CCCC(O)C=CNC(=O)C(c1ccccc1)C1c2ccccc2Oc2ccccc21. The van der Waals surface area contributed by atoms with Gasteiger partial charge in [-0.1, -0.05) is 80.1 Å². The summed E-state index contributed by atoms with van der Waals surface area (Å²) in [5, 5.41) is 12.9. The van der Waals surface area contributed by atoms with Crippen LogP contribution in [0.15, 0.2) is 91.1 Å². The number of aliphatic hydroxyl groups excluding tert-OH is 1. The molecular formula is C27H27NO3. The van der Waals surface area contributed by atoms with Gasteiger partial charge in [0, 0.05) is 23.2 Å². The number of hydrogen-bond acceptors (Lipinski definition) is 3. The third-order valence-electron chi connectivity index (χ3n) is 5.63. The van der Waals surface area contributed by atoms with E-state index in [1.54, 1.807) is 12.3 Å². The topological polar surface area (TPSA) is 58.6 Å². The number of fused-ring (bicyclic) bond motifs is 2. The highest BCUT2D eigenvalue weighted by Crippen LogP contribution is 2.50. The minimum absolute atomic E-state index is 0.123. The van der Waals surface area contributed by atoms with E-state index >= 15 is 0 Å². The number of carbonyl (C=O) groups excluding carboxylic acids is 1. The molecule has 1 aliphatic rings. The Kier molecular flexibility index (Phi) is 6.48. The van der Waals surface area contributed by atoms with Crippen molar-refractivity contribution in [3.8, 4) is 11.5 Å². The second kappa shape index (κ2) is 9.63. The molecule has 0 saturated carbocycles. The smallest absolute Gasteiger partial charge is 0.232 e. The molecule has 0 spiro atoms. The molecule has 4 nitrogen and oxygen atoms in total. The maximum atomic E-state index is 13.5. The Bertz CT molecular complexity index is 1020. The molecule has 0 aromatic heterocycles. The number of aliphatic hydroxyl groups is 1. The highest BCUT2D eigenvalue weighted by Gasteiger charge is 2.37. The van der Waals surface area contributed by atoms with E-state index in [2.05, 4.69) is 5.32 Å². The zero-order chi connectivity index (χ0) is 21.6. The van der Waals surface area contributed by atoms with Crippen molar-refractivity contribution >= 4 is 5.91 Å². The molecule has 158 valence electrons. The predicted octanol–water partition coefficient (Wildman–Crippen LogP) is 5.50. The maximum absolute atomic E-state index is 13.5. The molecule has 31 heavy (non-hydrogen) atoms. The van der Waals surface area contributed by atoms with Gasteiger partial charge in [-0.25, -0.2) is 0 Å². The molecule has 1 aliphatic heterocycles. The molecule has 4 rings (SSSR count). The summed E-state index contributed by atoms with van der Waals surface area (Å²) in [7, 11) is 0. The van der Waals surface area contributed by atoms with Crippen LogP contribution in [0.1, 0.15) is 48.3 Å². The summed E-state index contributed by atoms with van der Waals surface area (Å²) < 4.78 is 6.13. The van der Waals surface area contributed by atoms with Crippen LogP contribution in [0.3, 0.4) is 0 Å². The quantitative estimate of drug-likeness (QED) is 0.538. The van der Waals surface area contributed by atoms with E-state index in [1.165, 1.54) is 0 Å². The number of carbonyl (C=O) groups is 1.